The summed E-state index contributed by atoms with van der Waals surface area (Å²) in [4.78, 5) is 11.7. The molecule has 0 heterocycles. The van der Waals surface area contributed by atoms with Gasteiger partial charge in [-0.1, -0.05) is 0 Å². The topological polar surface area (TPSA) is 59.3 Å². The van der Waals surface area contributed by atoms with Crippen LogP contribution in [0.1, 0.15) is 29.8 Å². The van der Waals surface area contributed by atoms with Crippen molar-refractivity contribution in [3.8, 4) is 6.07 Å². The molecule has 0 N–H and O–H groups in total. The first kappa shape index (κ1) is 13.2. The number of benzene rings is 1. The summed E-state index contributed by atoms with van der Waals surface area (Å²) in [5.74, 6) is -0.401. The lowest BCUT2D eigenvalue weighted by molar-refractivity contribution is 0.00440. The molecule has 1 atom stereocenters. The second-order valence-electron chi connectivity index (χ2n) is 3.56. The van der Waals surface area contributed by atoms with Crippen LogP contribution in [0, 0.1) is 11.3 Å². The summed E-state index contributed by atoms with van der Waals surface area (Å²) in [7, 11) is 0. The lowest BCUT2D eigenvalue weighted by Crippen LogP contribution is -2.20. The molecule has 4 nitrogen and oxygen atoms in total. The second-order valence-corrected chi connectivity index (χ2v) is 3.56. The molecule has 1 rings (SSSR count). The van der Waals surface area contributed by atoms with Crippen molar-refractivity contribution in [3.05, 3.63) is 35.4 Å². The molecule has 0 aliphatic carbocycles. The standard InChI is InChI=1S/C13H15NO3/c1-3-16-9-10(2)17-13(15)12-6-4-11(8-14)5-7-12/h4-7,10H,3,9H2,1-2H3/t10-/m0/s1. The van der Waals surface area contributed by atoms with Gasteiger partial charge >= 0.3 is 5.97 Å². The van der Waals surface area contributed by atoms with Crippen molar-refractivity contribution < 1.29 is 14.3 Å². The summed E-state index contributed by atoms with van der Waals surface area (Å²) >= 11 is 0. The Morgan fingerprint density at radius 1 is 1.41 bits per heavy atom. The third-order valence-electron chi connectivity index (χ3n) is 2.11. The van der Waals surface area contributed by atoms with Crippen molar-refractivity contribution >= 4 is 5.97 Å². The Morgan fingerprint density at radius 3 is 2.59 bits per heavy atom. The summed E-state index contributed by atoms with van der Waals surface area (Å²) in [5, 5.41) is 8.63. The van der Waals surface area contributed by atoms with Gasteiger partial charge in [-0.15, -0.1) is 0 Å². The third-order valence-corrected chi connectivity index (χ3v) is 2.11. The number of carbonyl (C=O) groups excluding carboxylic acids is 1. The fraction of sp³-hybridized carbons (Fsp3) is 0.385. The summed E-state index contributed by atoms with van der Waals surface area (Å²) in [6, 6.07) is 8.32. The van der Waals surface area contributed by atoms with Gasteiger partial charge in [0, 0.05) is 6.61 Å². The second kappa shape index (κ2) is 6.66. The highest BCUT2D eigenvalue weighted by molar-refractivity contribution is 5.89. The van der Waals surface area contributed by atoms with Gasteiger partial charge in [0.2, 0.25) is 0 Å². The molecule has 4 heteroatoms. The average Bonchev–Trinajstić information content (AvgIpc) is 2.36. The zero-order chi connectivity index (χ0) is 12.7. The summed E-state index contributed by atoms with van der Waals surface area (Å²) in [5.41, 5.74) is 0.955. The fourth-order valence-corrected chi connectivity index (χ4v) is 1.25. The van der Waals surface area contributed by atoms with Crippen molar-refractivity contribution in [2.45, 2.75) is 20.0 Å². The normalized spacial score (nSPS) is 11.6. The van der Waals surface area contributed by atoms with E-state index in [1.165, 1.54) is 0 Å². The molecule has 0 bridgehead atoms. The van der Waals surface area contributed by atoms with Crippen LogP contribution in [0.25, 0.3) is 0 Å². The summed E-state index contributed by atoms with van der Waals surface area (Å²) in [6.07, 6.45) is -0.280. The van der Waals surface area contributed by atoms with E-state index in [0.717, 1.165) is 0 Å². The Bertz CT molecular complexity index is 406. The number of hydrogen-bond acceptors (Lipinski definition) is 4. The zero-order valence-corrected chi connectivity index (χ0v) is 9.97. The SMILES string of the molecule is CCOC[C@H](C)OC(=O)c1ccc(C#N)cc1. The van der Waals surface area contributed by atoms with Crippen molar-refractivity contribution in [2.75, 3.05) is 13.2 Å². The van der Waals surface area contributed by atoms with Crippen molar-refractivity contribution in [1.29, 1.82) is 5.26 Å². The lowest BCUT2D eigenvalue weighted by Gasteiger charge is -2.12. The Labute approximate surface area is 101 Å². The number of esters is 1. The molecule has 90 valence electrons. The van der Waals surface area contributed by atoms with E-state index in [2.05, 4.69) is 0 Å². The van der Waals surface area contributed by atoms with Gasteiger partial charge in [-0.3, -0.25) is 0 Å². The molecule has 17 heavy (non-hydrogen) atoms. The summed E-state index contributed by atoms with van der Waals surface area (Å²) in [6.45, 7) is 4.64. The molecule has 0 amide bonds. The molecule has 1 aromatic carbocycles. The molecule has 0 saturated heterocycles. The number of hydrogen-bond donors (Lipinski definition) is 0. The lowest BCUT2D eigenvalue weighted by atomic mass is 10.1. The third kappa shape index (κ3) is 4.25. The highest BCUT2D eigenvalue weighted by Crippen LogP contribution is 2.06. The minimum atomic E-state index is -0.401. The van der Waals surface area contributed by atoms with E-state index in [1.807, 2.05) is 13.0 Å². The molecule has 0 fully saturated rings. The average molecular weight is 233 g/mol. The largest absolute Gasteiger partial charge is 0.457 e. The quantitative estimate of drug-likeness (QED) is 0.731. The number of rotatable bonds is 5. The van der Waals surface area contributed by atoms with Crippen LogP contribution >= 0.6 is 0 Å². The van der Waals surface area contributed by atoms with E-state index >= 15 is 0 Å². The monoisotopic (exact) mass is 233 g/mol. The molecular weight excluding hydrogens is 218 g/mol. The van der Waals surface area contributed by atoms with Crippen LogP contribution < -0.4 is 0 Å². The van der Waals surface area contributed by atoms with Crippen LogP contribution in [0.2, 0.25) is 0 Å². The van der Waals surface area contributed by atoms with E-state index in [0.29, 0.717) is 24.3 Å². The smallest absolute Gasteiger partial charge is 0.338 e. The highest BCUT2D eigenvalue weighted by atomic mass is 16.6. The van der Waals surface area contributed by atoms with Gasteiger partial charge in [-0.05, 0) is 38.1 Å². The van der Waals surface area contributed by atoms with E-state index in [9.17, 15) is 4.79 Å². The van der Waals surface area contributed by atoms with Gasteiger partial charge in [-0.25, -0.2) is 4.79 Å². The first-order valence-corrected chi connectivity index (χ1v) is 5.46. The Kier molecular flexibility index (Phi) is 5.18. The van der Waals surface area contributed by atoms with Crippen molar-refractivity contribution in [1.82, 2.24) is 0 Å². The van der Waals surface area contributed by atoms with E-state index in [4.69, 9.17) is 14.7 Å². The van der Waals surface area contributed by atoms with Crippen molar-refractivity contribution in [3.63, 3.8) is 0 Å². The molecule has 0 unspecified atom stereocenters. The predicted molar refractivity (Wildman–Crippen MR) is 62.5 cm³/mol. The van der Waals surface area contributed by atoms with Gasteiger partial charge in [-0.2, -0.15) is 5.26 Å². The maximum Gasteiger partial charge on any atom is 0.338 e. The predicted octanol–water partition coefficient (Wildman–Crippen LogP) is 2.14. The zero-order valence-electron chi connectivity index (χ0n) is 9.97. The maximum atomic E-state index is 11.7. The van der Waals surface area contributed by atoms with Gasteiger partial charge < -0.3 is 9.47 Å². The molecule has 0 aromatic heterocycles. The molecule has 1 aromatic rings. The Morgan fingerprint density at radius 2 is 2.06 bits per heavy atom. The van der Waals surface area contributed by atoms with Gasteiger partial charge in [0.05, 0.1) is 23.8 Å². The molecule has 0 aliphatic rings. The van der Waals surface area contributed by atoms with Crippen molar-refractivity contribution in [2.24, 2.45) is 0 Å². The van der Waals surface area contributed by atoms with Gasteiger partial charge in [0.1, 0.15) is 6.10 Å². The fourth-order valence-electron chi connectivity index (χ4n) is 1.25. The van der Waals surface area contributed by atoms with E-state index < -0.39 is 5.97 Å². The Balaban J connectivity index is 2.54. The van der Waals surface area contributed by atoms with Gasteiger partial charge in [0.25, 0.3) is 0 Å². The highest BCUT2D eigenvalue weighted by Gasteiger charge is 2.11. The minimum Gasteiger partial charge on any atom is -0.457 e. The molecular formula is C13H15NO3. The molecule has 0 aliphatic heterocycles. The van der Waals surface area contributed by atoms with Crippen LogP contribution in [0.5, 0.6) is 0 Å². The van der Waals surface area contributed by atoms with Crippen LogP contribution in [0.3, 0.4) is 0 Å². The first-order chi connectivity index (χ1) is 8.17. The van der Waals surface area contributed by atoms with Crippen LogP contribution in [0.4, 0.5) is 0 Å². The van der Waals surface area contributed by atoms with E-state index in [-0.39, 0.29) is 6.10 Å². The molecule has 0 spiro atoms. The number of ether oxygens (including phenoxy) is 2. The Hall–Kier alpha value is -1.86. The maximum absolute atomic E-state index is 11.7. The van der Waals surface area contributed by atoms with Crippen LogP contribution in [-0.2, 0) is 9.47 Å². The van der Waals surface area contributed by atoms with Crippen LogP contribution in [0.15, 0.2) is 24.3 Å². The number of nitrogens with zero attached hydrogens (tertiary/aromatic N) is 1. The molecule has 0 saturated carbocycles. The molecule has 0 radical (unpaired) electrons. The minimum absolute atomic E-state index is 0.280. The van der Waals surface area contributed by atoms with Gasteiger partial charge in [0.15, 0.2) is 0 Å². The van der Waals surface area contributed by atoms with E-state index in [1.54, 1.807) is 31.2 Å². The number of nitriles is 1. The number of carbonyl (C=O) groups is 1. The first-order valence-electron chi connectivity index (χ1n) is 5.46. The van der Waals surface area contributed by atoms with Crippen LogP contribution in [-0.4, -0.2) is 25.3 Å². The summed E-state index contributed by atoms with van der Waals surface area (Å²) < 4.78 is 10.3.